The minimum Gasteiger partial charge on any atom is -0.490 e. The molecule has 0 aliphatic carbocycles. The molecule has 3 heterocycles. The van der Waals surface area contributed by atoms with Crippen molar-refractivity contribution in [3.8, 4) is 5.75 Å². The van der Waals surface area contributed by atoms with Gasteiger partial charge in [-0.1, -0.05) is 12.1 Å². The normalized spacial score (nSPS) is 14.9. The number of rotatable bonds is 3. The van der Waals surface area contributed by atoms with Gasteiger partial charge in [0.1, 0.15) is 17.4 Å². The van der Waals surface area contributed by atoms with Crippen molar-refractivity contribution in [2.75, 3.05) is 13.1 Å². The lowest BCUT2D eigenvalue weighted by Crippen LogP contribution is -2.42. The highest BCUT2D eigenvalue weighted by molar-refractivity contribution is 5.93. The zero-order valence-electron chi connectivity index (χ0n) is 16.4. The van der Waals surface area contributed by atoms with Crippen LogP contribution < -0.4 is 15.7 Å². The summed E-state index contributed by atoms with van der Waals surface area (Å²) in [6.45, 7) is 2.83. The lowest BCUT2D eigenvalue weighted by Gasteiger charge is -2.32. The third-order valence-electron chi connectivity index (χ3n) is 5.35. The molecule has 4 rings (SSSR count). The van der Waals surface area contributed by atoms with Crippen molar-refractivity contribution >= 4 is 16.9 Å². The highest BCUT2D eigenvalue weighted by Crippen LogP contribution is 2.21. The fraction of sp³-hybridized carbons (Fsp3) is 0.318. The van der Waals surface area contributed by atoms with E-state index in [1.165, 1.54) is 12.1 Å². The zero-order valence-corrected chi connectivity index (χ0v) is 16.4. The van der Waals surface area contributed by atoms with Crippen LogP contribution in [-0.2, 0) is 7.05 Å². The fourth-order valence-corrected chi connectivity index (χ4v) is 3.54. The van der Waals surface area contributed by atoms with Gasteiger partial charge in [0.05, 0.1) is 5.39 Å². The molecule has 0 bridgehead atoms. The number of fused-ring (bicyclic) bond motifs is 1. The first-order valence-corrected chi connectivity index (χ1v) is 9.59. The van der Waals surface area contributed by atoms with Gasteiger partial charge in [-0.05, 0) is 25.1 Å². The van der Waals surface area contributed by atoms with E-state index in [9.17, 15) is 14.4 Å². The van der Waals surface area contributed by atoms with Gasteiger partial charge in [-0.15, -0.1) is 0 Å². The predicted octanol–water partition coefficient (Wildman–Crippen LogP) is 2.48. The monoisotopic (exact) mass is 394 g/mol. The van der Waals surface area contributed by atoms with Crippen LogP contribution in [0.4, 0.5) is 0 Å². The van der Waals surface area contributed by atoms with Gasteiger partial charge in [0.2, 0.25) is 0 Å². The minimum atomic E-state index is -0.296. The first kappa shape index (κ1) is 19.0. The molecule has 3 aromatic rings. The van der Waals surface area contributed by atoms with Crippen molar-refractivity contribution in [3.63, 3.8) is 0 Å². The molecule has 150 valence electrons. The number of hydrogen-bond acceptors (Lipinski definition) is 5. The van der Waals surface area contributed by atoms with Crippen LogP contribution in [0, 0.1) is 6.92 Å². The van der Waals surface area contributed by atoms with Crippen LogP contribution in [0.25, 0.3) is 11.0 Å². The lowest BCUT2D eigenvalue weighted by molar-refractivity contribution is 0.0567. The molecule has 0 radical (unpaired) electrons. The van der Waals surface area contributed by atoms with E-state index in [-0.39, 0.29) is 28.8 Å². The van der Waals surface area contributed by atoms with E-state index >= 15 is 0 Å². The molecule has 1 fully saturated rings. The number of pyridine rings is 1. The van der Waals surface area contributed by atoms with E-state index in [1.807, 2.05) is 13.0 Å². The Kier molecular flexibility index (Phi) is 4.96. The van der Waals surface area contributed by atoms with Crippen molar-refractivity contribution in [1.82, 2.24) is 9.47 Å². The number of piperidine rings is 1. The van der Waals surface area contributed by atoms with E-state index in [0.717, 1.165) is 5.69 Å². The maximum atomic E-state index is 12.8. The van der Waals surface area contributed by atoms with Gasteiger partial charge in [-0.25, -0.2) is 0 Å². The van der Waals surface area contributed by atoms with Crippen LogP contribution in [0.5, 0.6) is 5.75 Å². The van der Waals surface area contributed by atoms with Crippen LogP contribution in [0.2, 0.25) is 0 Å². The standard InChI is InChI=1S/C22H22N2O5/c1-14-11-16(12-21(26)23(14)2)28-15-7-9-24(10-8-15)22(27)20-13-18(25)17-5-3-4-6-19(17)29-20/h3-6,11-13,15H,7-10H2,1-2H3. The molecular weight excluding hydrogens is 372 g/mol. The Bertz CT molecular complexity index is 1190. The topological polar surface area (TPSA) is 81.8 Å². The summed E-state index contributed by atoms with van der Waals surface area (Å²) in [7, 11) is 1.72. The number of nitrogens with zero attached hydrogens (tertiary/aromatic N) is 2. The van der Waals surface area contributed by atoms with Crippen LogP contribution in [0.3, 0.4) is 0 Å². The molecule has 2 aromatic heterocycles. The molecule has 1 saturated heterocycles. The van der Waals surface area contributed by atoms with Gasteiger partial charge >= 0.3 is 0 Å². The number of hydrogen-bond donors (Lipinski definition) is 0. The van der Waals surface area contributed by atoms with Crippen LogP contribution in [0.15, 0.2) is 56.5 Å². The van der Waals surface area contributed by atoms with Crippen LogP contribution in [-0.4, -0.2) is 34.6 Å². The number of amides is 1. The Morgan fingerprint density at radius 2 is 1.83 bits per heavy atom. The maximum absolute atomic E-state index is 12.8. The van der Waals surface area contributed by atoms with Crippen molar-refractivity contribution in [1.29, 1.82) is 0 Å². The molecule has 0 atom stereocenters. The van der Waals surface area contributed by atoms with Crippen molar-refractivity contribution in [2.45, 2.75) is 25.9 Å². The maximum Gasteiger partial charge on any atom is 0.289 e. The lowest BCUT2D eigenvalue weighted by atomic mass is 10.1. The molecule has 1 aliphatic heterocycles. The summed E-state index contributed by atoms with van der Waals surface area (Å²) < 4.78 is 13.2. The predicted molar refractivity (Wildman–Crippen MR) is 108 cm³/mol. The zero-order chi connectivity index (χ0) is 20.5. The number of aryl methyl sites for hydroxylation is 1. The summed E-state index contributed by atoms with van der Waals surface area (Å²) in [5.41, 5.74) is 0.891. The van der Waals surface area contributed by atoms with Crippen LogP contribution >= 0.6 is 0 Å². The number of benzene rings is 1. The second-order valence-corrected chi connectivity index (χ2v) is 7.31. The Balaban J connectivity index is 1.44. The summed E-state index contributed by atoms with van der Waals surface area (Å²) in [4.78, 5) is 38.6. The third kappa shape index (κ3) is 3.81. The number of carbonyl (C=O) groups excluding carboxylic acids is 1. The minimum absolute atomic E-state index is 0.0512. The fourth-order valence-electron chi connectivity index (χ4n) is 3.54. The first-order valence-electron chi connectivity index (χ1n) is 9.59. The van der Waals surface area contributed by atoms with Gasteiger partial charge in [-0.3, -0.25) is 14.4 Å². The van der Waals surface area contributed by atoms with Crippen molar-refractivity contribution in [2.24, 2.45) is 7.05 Å². The molecule has 7 nitrogen and oxygen atoms in total. The molecule has 0 spiro atoms. The second kappa shape index (κ2) is 7.58. The molecule has 1 aromatic carbocycles. The van der Waals surface area contributed by atoms with Gasteiger partial charge in [-0.2, -0.15) is 0 Å². The highest BCUT2D eigenvalue weighted by Gasteiger charge is 2.26. The Morgan fingerprint density at radius 1 is 1.10 bits per heavy atom. The van der Waals surface area contributed by atoms with Gasteiger partial charge in [0.25, 0.3) is 11.5 Å². The molecule has 7 heteroatoms. The van der Waals surface area contributed by atoms with Crippen molar-refractivity contribution < 1.29 is 13.9 Å². The summed E-state index contributed by atoms with van der Waals surface area (Å²) in [5.74, 6) is 0.307. The molecule has 0 unspecified atom stereocenters. The summed E-state index contributed by atoms with van der Waals surface area (Å²) in [6, 6.07) is 11.5. The van der Waals surface area contributed by atoms with E-state index in [2.05, 4.69) is 0 Å². The summed E-state index contributed by atoms with van der Waals surface area (Å²) in [5, 5.41) is 0.459. The Labute approximate surface area is 167 Å². The largest absolute Gasteiger partial charge is 0.490 e. The Morgan fingerprint density at radius 3 is 2.55 bits per heavy atom. The smallest absolute Gasteiger partial charge is 0.289 e. The molecule has 1 aliphatic rings. The van der Waals surface area contributed by atoms with Crippen molar-refractivity contribution in [3.05, 3.63) is 74.5 Å². The van der Waals surface area contributed by atoms with Gasteiger partial charge in [0.15, 0.2) is 11.2 Å². The quantitative estimate of drug-likeness (QED) is 0.682. The Hall–Kier alpha value is -3.35. The number of carbonyl (C=O) groups is 1. The van der Waals surface area contributed by atoms with Crippen LogP contribution in [0.1, 0.15) is 29.1 Å². The number of ether oxygens (including phenoxy) is 1. The van der Waals surface area contributed by atoms with E-state index in [1.54, 1.807) is 40.8 Å². The summed E-state index contributed by atoms with van der Waals surface area (Å²) in [6.07, 6.45) is 1.20. The second-order valence-electron chi connectivity index (χ2n) is 7.31. The molecule has 29 heavy (non-hydrogen) atoms. The molecule has 0 N–H and O–H groups in total. The summed E-state index contributed by atoms with van der Waals surface area (Å²) >= 11 is 0. The molecule has 0 saturated carbocycles. The van der Waals surface area contributed by atoms with E-state index < -0.39 is 0 Å². The average Bonchev–Trinajstić information content (AvgIpc) is 2.72. The molecular formula is C22H22N2O5. The molecule has 1 amide bonds. The third-order valence-corrected chi connectivity index (χ3v) is 5.35. The van der Waals surface area contributed by atoms with Gasteiger partial charge in [0, 0.05) is 50.8 Å². The van der Waals surface area contributed by atoms with Gasteiger partial charge < -0.3 is 18.6 Å². The first-order chi connectivity index (χ1) is 13.9. The van der Waals surface area contributed by atoms with E-state index in [0.29, 0.717) is 42.6 Å². The average molecular weight is 394 g/mol. The number of likely N-dealkylation sites (tertiary alicyclic amines) is 1. The highest BCUT2D eigenvalue weighted by atomic mass is 16.5. The van der Waals surface area contributed by atoms with E-state index in [4.69, 9.17) is 9.15 Å². The number of aromatic nitrogens is 1. The number of para-hydroxylation sites is 1. The SMILES string of the molecule is Cc1cc(OC2CCN(C(=O)c3cc(=O)c4ccccc4o3)CC2)cc(=O)n1C.